The molecule has 2 heterocycles. The largest absolute Gasteiger partial charge is 0.315 e. The Morgan fingerprint density at radius 1 is 1.38 bits per heavy atom. The molecule has 0 unspecified atom stereocenters. The first-order valence-electron chi connectivity index (χ1n) is 4.26. The van der Waals surface area contributed by atoms with Gasteiger partial charge in [0.15, 0.2) is 5.65 Å². The van der Waals surface area contributed by atoms with E-state index in [2.05, 4.69) is 9.97 Å². The number of hydrogen-bond acceptors (Lipinski definition) is 2. The highest BCUT2D eigenvalue weighted by Gasteiger charge is 2.00. The van der Waals surface area contributed by atoms with Crippen LogP contribution in [0.15, 0.2) is 24.7 Å². The lowest BCUT2D eigenvalue weighted by Gasteiger charge is -1.99. The van der Waals surface area contributed by atoms with Crippen LogP contribution in [0.2, 0.25) is 0 Å². The molecular formula is C9H10N3S. The molecule has 0 N–H and O–H groups in total. The maximum Gasteiger partial charge on any atom is 0.159 e. The zero-order valence-corrected chi connectivity index (χ0v) is 8.00. The van der Waals surface area contributed by atoms with Crippen molar-refractivity contribution in [2.45, 2.75) is 13.0 Å². The second-order valence-electron chi connectivity index (χ2n) is 2.84. The summed E-state index contributed by atoms with van der Waals surface area (Å²) in [6.07, 6.45) is 4.61. The summed E-state index contributed by atoms with van der Waals surface area (Å²) >= 11 is 4.89. The van der Waals surface area contributed by atoms with Crippen molar-refractivity contribution >= 4 is 23.8 Å². The van der Waals surface area contributed by atoms with Gasteiger partial charge in [-0.25, -0.2) is 9.97 Å². The number of aryl methyl sites for hydroxylation is 1. The third-order valence-electron chi connectivity index (χ3n) is 1.92. The number of hydrogen-bond donors (Lipinski definition) is 0. The minimum absolute atomic E-state index is 0.784. The molecule has 0 spiro atoms. The molecular weight excluding hydrogens is 182 g/mol. The van der Waals surface area contributed by atoms with Crippen LogP contribution in [0.1, 0.15) is 6.42 Å². The molecule has 0 amide bonds. The van der Waals surface area contributed by atoms with E-state index >= 15 is 0 Å². The summed E-state index contributed by atoms with van der Waals surface area (Å²) in [4.78, 5) is 8.50. The highest BCUT2D eigenvalue weighted by atomic mass is 32.1. The molecule has 3 nitrogen and oxygen atoms in total. The Labute approximate surface area is 82.2 Å². The number of fused-ring (bicyclic) bond motifs is 1. The van der Waals surface area contributed by atoms with E-state index in [4.69, 9.17) is 12.6 Å². The quantitative estimate of drug-likeness (QED) is 0.745. The van der Waals surface area contributed by atoms with Gasteiger partial charge >= 0.3 is 0 Å². The lowest BCUT2D eigenvalue weighted by molar-refractivity contribution is 0.697. The molecule has 2 aromatic rings. The molecule has 1 radical (unpaired) electrons. The van der Waals surface area contributed by atoms with Gasteiger partial charge < -0.3 is 4.57 Å². The summed E-state index contributed by atoms with van der Waals surface area (Å²) < 4.78 is 2.04. The van der Waals surface area contributed by atoms with E-state index in [0.29, 0.717) is 0 Å². The van der Waals surface area contributed by atoms with Crippen molar-refractivity contribution in [3.8, 4) is 0 Å². The molecule has 0 fully saturated rings. The Balaban J connectivity index is 2.35. The normalized spacial score (nSPS) is 10.8. The minimum atomic E-state index is 0.784. The van der Waals surface area contributed by atoms with Gasteiger partial charge in [0.05, 0.1) is 6.33 Å². The molecule has 4 heteroatoms. The maximum atomic E-state index is 4.89. The fraction of sp³-hybridized carbons (Fsp3) is 0.333. The topological polar surface area (TPSA) is 30.7 Å². The summed E-state index contributed by atoms with van der Waals surface area (Å²) in [5.41, 5.74) is 1.90. The summed E-state index contributed by atoms with van der Waals surface area (Å²) in [5.74, 6) is 0.784. The molecule has 0 bridgehead atoms. The van der Waals surface area contributed by atoms with Gasteiger partial charge in [0.2, 0.25) is 0 Å². The molecule has 0 atom stereocenters. The van der Waals surface area contributed by atoms with Crippen LogP contribution in [0.5, 0.6) is 0 Å². The van der Waals surface area contributed by atoms with E-state index in [9.17, 15) is 0 Å². The van der Waals surface area contributed by atoms with Crippen LogP contribution in [-0.2, 0) is 6.54 Å². The first-order chi connectivity index (χ1) is 6.42. The van der Waals surface area contributed by atoms with Crippen molar-refractivity contribution in [3.63, 3.8) is 0 Å². The third kappa shape index (κ3) is 1.67. The van der Waals surface area contributed by atoms with Crippen LogP contribution in [0.3, 0.4) is 0 Å². The fourth-order valence-corrected chi connectivity index (χ4v) is 1.42. The molecule has 0 aliphatic heterocycles. The van der Waals surface area contributed by atoms with Crippen molar-refractivity contribution in [1.29, 1.82) is 0 Å². The van der Waals surface area contributed by atoms with Gasteiger partial charge in [0.1, 0.15) is 5.52 Å². The Morgan fingerprint density at radius 2 is 2.31 bits per heavy atom. The van der Waals surface area contributed by atoms with E-state index < -0.39 is 0 Å². The van der Waals surface area contributed by atoms with Crippen molar-refractivity contribution in [2.75, 3.05) is 5.75 Å². The van der Waals surface area contributed by atoms with Gasteiger partial charge in [-0.15, -0.1) is 0 Å². The number of pyridine rings is 1. The smallest absolute Gasteiger partial charge is 0.159 e. The van der Waals surface area contributed by atoms with Gasteiger partial charge in [-0.3, -0.25) is 0 Å². The highest BCUT2D eigenvalue weighted by Crippen LogP contribution is 2.08. The lowest BCUT2D eigenvalue weighted by Crippen LogP contribution is -1.97. The summed E-state index contributed by atoms with van der Waals surface area (Å²) in [7, 11) is 0. The Morgan fingerprint density at radius 3 is 3.15 bits per heavy atom. The van der Waals surface area contributed by atoms with Crippen molar-refractivity contribution in [2.24, 2.45) is 0 Å². The molecule has 0 aliphatic carbocycles. The average molecular weight is 192 g/mol. The summed E-state index contributed by atoms with van der Waals surface area (Å²) in [5, 5.41) is 0. The number of nitrogens with zero attached hydrogens (tertiary/aromatic N) is 3. The first kappa shape index (κ1) is 8.56. The van der Waals surface area contributed by atoms with Gasteiger partial charge in [0, 0.05) is 18.5 Å². The molecule has 13 heavy (non-hydrogen) atoms. The van der Waals surface area contributed by atoms with Crippen LogP contribution >= 0.6 is 12.6 Å². The third-order valence-corrected chi connectivity index (χ3v) is 2.21. The van der Waals surface area contributed by atoms with Crippen LogP contribution < -0.4 is 0 Å². The predicted molar refractivity (Wildman–Crippen MR) is 54.6 cm³/mol. The molecule has 0 saturated heterocycles. The first-order valence-corrected chi connectivity index (χ1v) is 4.83. The van der Waals surface area contributed by atoms with Gasteiger partial charge in [-0.1, -0.05) is 12.6 Å². The molecule has 0 aliphatic rings. The number of imidazole rings is 1. The summed E-state index contributed by atoms with van der Waals surface area (Å²) in [6, 6.07) is 3.86. The molecule has 67 valence electrons. The highest BCUT2D eigenvalue weighted by molar-refractivity contribution is 7.80. The zero-order chi connectivity index (χ0) is 9.10. The van der Waals surface area contributed by atoms with E-state index in [-0.39, 0.29) is 0 Å². The van der Waals surface area contributed by atoms with Crippen molar-refractivity contribution < 1.29 is 0 Å². The Bertz CT molecular complexity index is 396. The average Bonchev–Trinajstić information content (AvgIpc) is 2.58. The van der Waals surface area contributed by atoms with Crippen LogP contribution in [0.25, 0.3) is 11.2 Å². The van der Waals surface area contributed by atoms with E-state index in [0.717, 1.165) is 29.9 Å². The number of aromatic nitrogens is 3. The molecule has 0 saturated carbocycles. The van der Waals surface area contributed by atoms with Crippen LogP contribution in [0, 0.1) is 0 Å². The summed E-state index contributed by atoms with van der Waals surface area (Å²) in [6.45, 7) is 0.914. The number of rotatable bonds is 3. The minimum Gasteiger partial charge on any atom is -0.315 e. The predicted octanol–water partition coefficient (Wildman–Crippen LogP) is 2.02. The second-order valence-corrected chi connectivity index (χ2v) is 3.25. The van der Waals surface area contributed by atoms with Gasteiger partial charge in [-0.2, -0.15) is 0 Å². The molecule has 2 rings (SSSR count). The van der Waals surface area contributed by atoms with Crippen LogP contribution in [0.4, 0.5) is 0 Å². The van der Waals surface area contributed by atoms with E-state index in [1.807, 2.05) is 23.0 Å². The monoisotopic (exact) mass is 192 g/mol. The molecule has 0 aromatic carbocycles. The van der Waals surface area contributed by atoms with Crippen LogP contribution in [-0.4, -0.2) is 20.3 Å². The lowest BCUT2D eigenvalue weighted by atomic mass is 10.4. The fourth-order valence-electron chi connectivity index (χ4n) is 1.30. The SMILES string of the molecule is [S]CCCn1cnc2cccnc21. The van der Waals surface area contributed by atoms with E-state index in [1.165, 1.54) is 0 Å². The Hall–Kier alpha value is -1.03. The van der Waals surface area contributed by atoms with Crippen molar-refractivity contribution in [1.82, 2.24) is 14.5 Å². The maximum absolute atomic E-state index is 4.89. The second kappa shape index (κ2) is 3.79. The van der Waals surface area contributed by atoms with E-state index in [1.54, 1.807) is 6.20 Å². The van der Waals surface area contributed by atoms with Crippen molar-refractivity contribution in [3.05, 3.63) is 24.7 Å². The standard InChI is InChI=1S/C9H10N3S/c13-6-2-5-12-7-11-8-3-1-4-10-9(8)12/h1,3-4,7H,2,5-6H2. The van der Waals surface area contributed by atoms with Gasteiger partial charge in [0.25, 0.3) is 0 Å². The van der Waals surface area contributed by atoms with Gasteiger partial charge in [-0.05, 0) is 18.6 Å². The zero-order valence-electron chi connectivity index (χ0n) is 7.18. The Kier molecular flexibility index (Phi) is 2.49. The molecule has 2 aromatic heterocycles.